The maximum absolute atomic E-state index is 12.9. The second-order valence-electron chi connectivity index (χ2n) is 6.92. The number of halogens is 4. The number of nitrogens with one attached hydrogen (secondary N) is 1. The molecule has 0 aliphatic carbocycles. The maximum Gasteiger partial charge on any atom is 0.422 e. The van der Waals surface area contributed by atoms with Gasteiger partial charge in [0, 0.05) is 23.5 Å². The molecule has 2 aromatic rings. The molecule has 3 rings (SSSR count). The lowest BCUT2D eigenvalue weighted by Crippen LogP contribution is -2.27. The molecule has 12 heteroatoms. The minimum Gasteiger partial charge on any atom is -0.467 e. The van der Waals surface area contributed by atoms with E-state index in [0.717, 1.165) is 0 Å². The summed E-state index contributed by atoms with van der Waals surface area (Å²) in [6.45, 7) is 1.59. The zero-order valence-electron chi connectivity index (χ0n) is 16.4. The standard InChI is InChI=1S/C19H18ClF3N4O4/c1-9(11-5-14(20)17(25-6-11)31-8-19(21,22)23)27-7-13-12(18(27)30)3-4-24-15(13)26-16(29)10(2)28/h3-6,9-10,28H,7-8H2,1-2H3,(H,24,26,29)/t9?,10-/m1/s1. The van der Waals surface area contributed by atoms with E-state index in [4.69, 9.17) is 11.6 Å². The number of aromatic nitrogens is 2. The fourth-order valence-corrected chi connectivity index (χ4v) is 3.23. The Labute approximate surface area is 180 Å². The van der Waals surface area contributed by atoms with E-state index in [1.165, 1.54) is 36.4 Å². The largest absolute Gasteiger partial charge is 0.467 e. The monoisotopic (exact) mass is 458 g/mol. The van der Waals surface area contributed by atoms with Crippen LogP contribution in [-0.2, 0) is 11.3 Å². The van der Waals surface area contributed by atoms with Crippen molar-refractivity contribution in [1.82, 2.24) is 14.9 Å². The molecule has 2 atom stereocenters. The van der Waals surface area contributed by atoms with Gasteiger partial charge in [0.05, 0.1) is 12.6 Å². The van der Waals surface area contributed by atoms with Gasteiger partial charge in [0.1, 0.15) is 16.9 Å². The number of hydrogen-bond acceptors (Lipinski definition) is 6. The smallest absolute Gasteiger partial charge is 0.422 e. The van der Waals surface area contributed by atoms with E-state index in [2.05, 4.69) is 20.0 Å². The topological polar surface area (TPSA) is 105 Å². The molecule has 0 radical (unpaired) electrons. The molecule has 1 unspecified atom stereocenters. The number of rotatable bonds is 6. The van der Waals surface area contributed by atoms with Gasteiger partial charge in [0.15, 0.2) is 6.61 Å². The molecule has 166 valence electrons. The van der Waals surface area contributed by atoms with Crippen LogP contribution in [0.3, 0.4) is 0 Å². The third-order valence-electron chi connectivity index (χ3n) is 4.65. The van der Waals surface area contributed by atoms with Crippen molar-refractivity contribution in [2.24, 2.45) is 0 Å². The van der Waals surface area contributed by atoms with Gasteiger partial charge in [-0.05, 0) is 31.5 Å². The Bertz CT molecular complexity index is 1020. The minimum absolute atomic E-state index is 0.114. The van der Waals surface area contributed by atoms with Gasteiger partial charge in [-0.25, -0.2) is 9.97 Å². The highest BCUT2D eigenvalue weighted by Gasteiger charge is 2.34. The van der Waals surface area contributed by atoms with Gasteiger partial charge < -0.3 is 20.1 Å². The number of amides is 2. The van der Waals surface area contributed by atoms with Gasteiger partial charge >= 0.3 is 6.18 Å². The Hall–Kier alpha value is -2.92. The number of alkyl halides is 3. The Morgan fingerprint density at radius 1 is 1.39 bits per heavy atom. The number of hydrogen-bond donors (Lipinski definition) is 2. The molecule has 0 fully saturated rings. The molecule has 1 aliphatic heterocycles. The molecule has 1 aliphatic rings. The fourth-order valence-electron chi connectivity index (χ4n) is 3.00. The molecule has 0 spiro atoms. The Morgan fingerprint density at radius 3 is 2.71 bits per heavy atom. The van der Waals surface area contributed by atoms with Gasteiger partial charge in [-0.3, -0.25) is 9.59 Å². The van der Waals surface area contributed by atoms with Crippen LogP contribution in [0.1, 0.15) is 41.4 Å². The maximum atomic E-state index is 12.9. The zero-order chi connectivity index (χ0) is 22.9. The van der Waals surface area contributed by atoms with E-state index in [0.29, 0.717) is 16.7 Å². The summed E-state index contributed by atoms with van der Waals surface area (Å²) in [5, 5.41) is 11.8. The second kappa shape index (κ2) is 8.67. The minimum atomic E-state index is -4.53. The Kier molecular flexibility index (Phi) is 6.37. The first-order chi connectivity index (χ1) is 14.5. The number of aliphatic hydroxyl groups is 1. The molecular weight excluding hydrogens is 441 g/mol. The van der Waals surface area contributed by atoms with Crippen molar-refractivity contribution in [3.63, 3.8) is 0 Å². The normalized spacial score (nSPS) is 15.5. The summed E-state index contributed by atoms with van der Waals surface area (Å²) in [7, 11) is 0. The third kappa shape index (κ3) is 5.05. The third-order valence-corrected chi connectivity index (χ3v) is 4.92. The van der Waals surface area contributed by atoms with Gasteiger partial charge in [-0.15, -0.1) is 0 Å². The predicted octanol–water partition coefficient (Wildman–Crippen LogP) is 3.11. The summed E-state index contributed by atoms with van der Waals surface area (Å²) in [5.41, 5.74) is 1.30. The number of carbonyl (C=O) groups is 2. The van der Waals surface area contributed by atoms with Crippen molar-refractivity contribution in [2.75, 3.05) is 11.9 Å². The molecule has 8 nitrogen and oxygen atoms in total. The number of anilines is 1. The van der Waals surface area contributed by atoms with Gasteiger partial charge in [0.25, 0.3) is 11.8 Å². The van der Waals surface area contributed by atoms with E-state index in [1.54, 1.807) is 6.92 Å². The van der Waals surface area contributed by atoms with Crippen LogP contribution in [0, 0.1) is 0 Å². The van der Waals surface area contributed by atoms with Crippen LogP contribution >= 0.6 is 11.6 Å². The molecule has 0 saturated carbocycles. The molecular formula is C19H18ClF3N4O4. The van der Waals surface area contributed by atoms with Crippen LogP contribution < -0.4 is 10.1 Å². The van der Waals surface area contributed by atoms with Crippen LogP contribution in [0.2, 0.25) is 5.02 Å². The fraction of sp³-hybridized carbons (Fsp3) is 0.368. The van der Waals surface area contributed by atoms with Crippen molar-refractivity contribution in [1.29, 1.82) is 0 Å². The average Bonchev–Trinajstić information content (AvgIpc) is 3.03. The van der Waals surface area contributed by atoms with Crippen LogP contribution in [0.25, 0.3) is 0 Å². The molecule has 0 aromatic carbocycles. The number of pyridine rings is 2. The Balaban J connectivity index is 1.80. The van der Waals surface area contributed by atoms with Crippen LogP contribution in [0.5, 0.6) is 5.88 Å². The van der Waals surface area contributed by atoms with Gasteiger partial charge in [-0.2, -0.15) is 13.2 Å². The second-order valence-corrected chi connectivity index (χ2v) is 7.33. The highest BCUT2D eigenvalue weighted by molar-refractivity contribution is 6.31. The summed E-state index contributed by atoms with van der Waals surface area (Å²) in [6, 6.07) is 2.36. The summed E-state index contributed by atoms with van der Waals surface area (Å²) in [4.78, 5) is 34.1. The van der Waals surface area contributed by atoms with E-state index < -0.39 is 30.8 Å². The first-order valence-corrected chi connectivity index (χ1v) is 9.48. The predicted molar refractivity (Wildman–Crippen MR) is 104 cm³/mol. The lowest BCUT2D eigenvalue weighted by atomic mass is 10.1. The molecule has 31 heavy (non-hydrogen) atoms. The van der Waals surface area contributed by atoms with Crippen molar-refractivity contribution in [3.8, 4) is 5.88 Å². The molecule has 3 heterocycles. The van der Waals surface area contributed by atoms with E-state index in [1.807, 2.05) is 0 Å². The number of nitrogens with zero attached hydrogens (tertiary/aromatic N) is 3. The van der Waals surface area contributed by atoms with Crippen molar-refractivity contribution in [3.05, 3.63) is 46.2 Å². The molecule has 2 aromatic heterocycles. The quantitative estimate of drug-likeness (QED) is 0.689. The van der Waals surface area contributed by atoms with Crippen molar-refractivity contribution in [2.45, 2.75) is 38.7 Å². The zero-order valence-corrected chi connectivity index (χ0v) is 17.2. The van der Waals surface area contributed by atoms with Crippen LogP contribution in [0.15, 0.2) is 24.5 Å². The van der Waals surface area contributed by atoms with Gasteiger partial charge in [-0.1, -0.05) is 11.6 Å². The average molecular weight is 459 g/mol. The first kappa shape index (κ1) is 22.8. The summed E-state index contributed by atoms with van der Waals surface area (Å²) in [5.74, 6) is -1.19. The number of carbonyl (C=O) groups excluding carboxylic acids is 2. The van der Waals surface area contributed by atoms with Crippen molar-refractivity contribution < 1.29 is 32.6 Å². The molecule has 0 saturated heterocycles. The number of ether oxygens (including phenoxy) is 1. The van der Waals surface area contributed by atoms with Crippen LogP contribution in [-0.4, -0.2) is 50.7 Å². The lowest BCUT2D eigenvalue weighted by Gasteiger charge is -2.25. The molecule has 0 bridgehead atoms. The van der Waals surface area contributed by atoms with E-state index in [9.17, 15) is 27.9 Å². The highest BCUT2D eigenvalue weighted by Crippen LogP contribution is 2.35. The van der Waals surface area contributed by atoms with Crippen molar-refractivity contribution >= 4 is 29.2 Å². The number of fused-ring (bicyclic) bond motifs is 1. The highest BCUT2D eigenvalue weighted by atomic mass is 35.5. The molecule has 2 N–H and O–H groups in total. The van der Waals surface area contributed by atoms with Gasteiger partial charge in [0.2, 0.25) is 5.88 Å². The lowest BCUT2D eigenvalue weighted by molar-refractivity contribution is -0.154. The van der Waals surface area contributed by atoms with E-state index >= 15 is 0 Å². The molecule has 2 amide bonds. The SMILES string of the molecule is CC(c1cnc(OCC(F)(F)F)c(Cl)c1)N1Cc2c(ccnc2NC(=O)[C@@H](C)O)C1=O. The summed E-state index contributed by atoms with van der Waals surface area (Å²) >= 11 is 6.01. The summed E-state index contributed by atoms with van der Waals surface area (Å²) in [6.07, 6.45) is -3.13. The first-order valence-electron chi connectivity index (χ1n) is 9.10. The van der Waals surface area contributed by atoms with Crippen LogP contribution in [0.4, 0.5) is 19.0 Å². The summed E-state index contributed by atoms with van der Waals surface area (Å²) < 4.78 is 41.6. The van der Waals surface area contributed by atoms with E-state index in [-0.39, 0.29) is 29.2 Å². The number of aliphatic hydroxyl groups excluding tert-OH is 1. The Morgan fingerprint density at radius 2 is 2.10 bits per heavy atom.